The topological polar surface area (TPSA) is 9.23 Å². The Kier molecular flexibility index (Phi) is 12.2. The molecule has 1 heteroatoms. The van der Waals surface area contributed by atoms with Crippen molar-refractivity contribution in [2.24, 2.45) is 0 Å². The van der Waals surface area contributed by atoms with Gasteiger partial charge in [-0.05, 0) is 38.0 Å². The van der Waals surface area contributed by atoms with Crippen molar-refractivity contribution < 1.29 is 4.74 Å². The second kappa shape index (κ2) is 11.1. The zero-order chi connectivity index (χ0) is 12.3. The Balaban J connectivity index is 0. The van der Waals surface area contributed by atoms with Crippen molar-refractivity contribution in [3.05, 3.63) is 29.3 Å². The van der Waals surface area contributed by atoms with Crippen LogP contribution < -0.4 is 4.74 Å². The van der Waals surface area contributed by atoms with Crippen molar-refractivity contribution >= 4 is 0 Å². The van der Waals surface area contributed by atoms with Crippen LogP contribution in [0.1, 0.15) is 45.7 Å². The summed E-state index contributed by atoms with van der Waals surface area (Å²) in [5.41, 5.74) is 2.46. The van der Waals surface area contributed by atoms with Crippen LogP contribution in [0.15, 0.2) is 18.2 Å². The van der Waals surface area contributed by atoms with E-state index in [1.807, 2.05) is 34.6 Å². The molecule has 0 aromatic heterocycles. The molecule has 0 atom stereocenters. The second-order valence-electron chi connectivity index (χ2n) is 2.70. The first kappa shape index (κ1) is 16.4. The summed E-state index contributed by atoms with van der Waals surface area (Å²) in [4.78, 5) is 0. The maximum atomic E-state index is 5.42. The minimum Gasteiger partial charge on any atom is -0.494 e. The Hall–Kier alpha value is -0.980. The van der Waals surface area contributed by atoms with Crippen LogP contribution in [-0.2, 0) is 0 Å². The van der Waals surface area contributed by atoms with Gasteiger partial charge in [0, 0.05) is 0 Å². The van der Waals surface area contributed by atoms with E-state index in [0.29, 0.717) is 0 Å². The third-order valence-corrected chi connectivity index (χ3v) is 1.64. The van der Waals surface area contributed by atoms with Crippen LogP contribution in [0.2, 0.25) is 0 Å². The predicted octanol–water partition coefficient (Wildman–Crippen LogP) is 4.75. The zero-order valence-electron chi connectivity index (χ0n) is 11.3. The van der Waals surface area contributed by atoms with Crippen LogP contribution in [0.4, 0.5) is 0 Å². The van der Waals surface area contributed by atoms with Gasteiger partial charge in [0.2, 0.25) is 0 Å². The molecule has 1 nitrogen and oxygen atoms in total. The van der Waals surface area contributed by atoms with E-state index in [9.17, 15) is 0 Å². The molecule has 0 amide bonds. The zero-order valence-corrected chi connectivity index (χ0v) is 11.3. The van der Waals surface area contributed by atoms with Crippen LogP contribution in [0.25, 0.3) is 0 Å². The third kappa shape index (κ3) is 7.01. The molecule has 88 valence electrons. The number of hydrogen-bond acceptors (Lipinski definition) is 1. The van der Waals surface area contributed by atoms with E-state index < -0.39 is 0 Å². The van der Waals surface area contributed by atoms with Gasteiger partial charge in [0.15, 0.2) is 0 Å². The van der Waals surface area contributed by atoms with Crippen LogP contribution >= 0.6 is 0 Å². The fourth-order valence-corrected chi connectivity index (χ4v) is 1.02. The van der Waals surface area contributed by atoms with Gasteiger partial charge in [0.25, 0.3) is 0 Å². The van der Waals surface area contributed by atoms with E-state index >= 15 is 0 Å². The number of aryl methyl sites for hydroxylation is 2. The molecule has 1 aromatic rings. The molecule has 0 N–H and O–H groups in total. The monoisotopic (exact) mass is 210 g/mol. The van der Waals surface area contributed by atoms with E-state index in [0.717, 1.165) is 12.4 Å². The molecule has 1 aromatic carbocycles. The summed E-state index contributed by atoms with van der Waals surface area (Å²) in [5, 5.41) is 0. The second-order valence-corrected chi connectivity index (χ2v) is 2.70. The first-order valence-corrected chi connectivity index (χ1v) is 5.94. The van der Waals surface area contributed by atoms with Gasteiger partial charge in [-0.3, -0.25) is 0 Å². The number of ether oxygens (including phenoxy) is 1. The normalized spacial score (nSPS) is 7.93. The van der Waals surface area contributed by atoms with Crippen molar-refractivity contribution in [1.29, 1.82) is 0 Å². The Labute approximate surface area is 95.5 Å². The number of benzene rings is 1. The molecule has 0 aliphatic heterocycles. The van der Waals surface area contributed by atoms with Crippen LogP contribution in [0, 0.1) is 13.8 Å². The fraction of sp³-hybridized carbons (Fsp3) is 0.571. The van der Waals surface area contributed by atoms with Gasteiger partial charge in [0.1, 0.15) is 5.75 Å². The highest BCUT2D eigenvalue weighted by Gasteiger charge is 1.96. The van der Waals surface area contributed by atoms with E-state index in [2.05, 4.69) is 32.0 Å². The van der Waals surface area contributed by atoms with E-state index in [4.69, 9.17) is 4.74 Å². The molecule has 0 fully saturated rings. The van der Waals surface area contributed by atoms with Gasteiger partial charge >= 0.3 is 0 Å². The average Bonchev–Trinajstić information content (AvgIpc) is 2.29. The lowest BCUT2D eigenvalue weighted by molar-refractivity contribution is 0.337. The van der Waals surface area contributed by atoms with Gasteiger partial charge in [-0.2, -0.15) is 0 Å². The minimum atomic E-state index is 0.740. The summed E-state index contributed by atoms with van der Waals surface area (Å²) in [6, 6.07) is 6.25. The Morgan fingerprint density at radius 3 is 2.00 bits per heavy atom. The van der Waals surface area contributed by atoms with Gasteiger partial charge in [-0.15, -0.1) is 0 Å². The van der Waals surface area contributed by atoms with E-state index in [1.165, 1.54) is 11.1 Å². The highest BCUT2D eigenvalue weighted by atomic mass is 16.5. The highest BCUT2D eigenvalue weighted by molar-refractivity contribution is 5.35. The Morgan fingerprint density at radius 2 is 1.53 bits per heavy atom. The Morgan fingerprint density at radius 1 is 1.00 bits per heavy atom. The first-order valence-electron chi connectivity index (χ1n) is 5.94. The molecule has 0 aliphatic carbocycles. The summed E-state index contributed by atoms with van der Waals surface area (Å²) < 4.78 is 5.42. The van der Waals surface area contributed by atoms with Gasteiger partial charge in [0.05, 0.1) is 6.61 Å². The number of rotatable bonds is 2. The van der Waals surface area contributed by atoms with Crippen molar-refractivity contribution in [2.45, 2.75) is 48.5 Å². The molecule has 0 saturated heterocycles. The Bertz CT molecular complexity index is 241. The van der Waals surface area contributed by atoms with Crippen LogP contribution in [0.5, 0.6) is 5.75 Å². The smallest absolute Gasteiger partial charge is 0.122 e. The van der Waals surface area contributed by atoms with Crippen molar-refractivity contribution in [1.82, 2.24) is 0 Å². The van der Waals surface area contributed by atoms with E-state index in [-0.39, 0.29) is 0 Å². The molecule has 1 rings (SSSR count). The summed E-state index contributed by atoms with van der Waals surface area (Å²) in [5.74, 6) is 1.01. The number of hydrogen-bond donors (Lipinski definition) is 0. The maximum absolute atomic E-state index is 5.42. The lowest BCUT2D eigenvalue weighted by Crippen LogP contribution is -1.93. The molecule has 0 aliphatic rings. The average molecular weight is 210 g/mol. The summed E-state index contributed by atoms with van der Waals surface area (Å²) in [7, 11) is 0. The molecular weight excluding hydrogens is 184 g/mol. The van der Waals surface area contributed by atoms with Crippen molar-refractivity contribution in [2.75, 3.05) is 6.61 Å². The SMILES string of the molecule is CC.CC.CCOc1cc(C)ccc1C. The maximum Gasteiger partial charge on any atom is 0.122 e. The van der Waals surface area contributed by atoms with Gasteiger partial charge in [-0.25, -0.2) is 0 Å². The molecule has 0 bridgehead atoms. The quantitative estimate of drug-likeness (QED) is 0.684. The summed E-state index contributed by atoms with van der Waals surface area (Å²) >= 11 is 0. The predicted molar refractivity (Wildman–Crippen MR) is 69.8 cm³/mol. The molecule has 0 unspecified atom stereocenters. The third-order valence-electron chi connectivity index (χ3n) is 1.64. The van der Waals surface area contributed by atoms with Crippen molar-refractivity contribution in [3.8, 4) is 5.75 Å². The van der Waals surface area contributed by atoms with Gasteiger partial charge in [-0.1, -0.05) is 39.8 Å². The largest absolute Gasteiger partial charge is 0.494 e. The summed E-state index contributed by atoms with van der Waals surface area (Å²) in [6.45, 7) is 14.9. The van der Waals surface area contributed by atoms with Crippen LogP contribution in [0.3, 0.4) is 0 Å². The standard InChI is InChI=1S/C10H14O.2C2H6/c1-4-11-10-7-8(2)5-6-9(10)3;2*1-2/h5-7H,4H2,1-3H3;2*1-2H3. The molecule has 0 saturated carbocycles. The lowest BCUT2D eigenvalue weighted by Gasteiger charge is -2.06. The van der Waals surface area contributed by atoms with Gasteiger partial charge < -0.3 is 4.74 Å². The summed E-state index contributed by atoms with van der Waals surface area (Å²) in [6.07, 6.45) is 0. The first-order chi connectivity index (χ1) is 7.24. The molecule has 15 heavy (non-hydrogen) atoms. The molecule has 0 spiro atoms. The molecule has 0 radical (unpaired) electrons. The highest BCUT2D eigenvalue weighted by Crippen LogP contribution is 2.18. The molecule has 0 heterocycles. The van der Waals surface area contributed by atoms with Crippen LogP contribution in [-0.4, -0.2) is 6.61 Å². The fourth-order valence-electron chi connectivity index (χ4n) is 1.02. The van der Waals surface area contributed by atoms with E-state index in [1.54, 1.807) is 0 Å². The minimum absolute atomic E-state index is 0.740. The van der Waals surface area contributed by atoms with Crippen molar-refractivity contribution in [3.63, 3.8) is 0 Å². The molecular formula is C14H26O. The lowest BCUT2D eigenvalue weighted by atomic mass is 10.1.